The summed E-state index contributed by atoms with van der Waals surface area (Å²) in [4.78, 5) is 0. The van der Waals surface area contributed by atoms with Crippen LogP contribution in [0.15, 0.2) is 66.7 Å². The highest BCUT2D eigenvalue weighted by atomic mass is 19.4. The molecule has 0 aromatic heterocycles. The molecule has 4 rings (SSSR count). The third-order valence-corrected chi connectivity index (χ3v) is 4.61. The molecule has 0 bridgehead atoms. The van der Waals surface area contributed by atoms with Gasteiger partial charge < -0.3 is 19.5 Å². The zero-order valence-corrected chi connectivity index (χ0v) is 16.1. The van der Waals surface area contributed by atoms with Crippen molar-refractivity contribution in [2.24, 2.45) is 0 Å². The van der Waals surface area contributed by atoms with Gasteiger partial charge >= 0.3 is 12.7 Å². The molecular formula is C22H15F6NO3. The van der Waals surface area contributed by atoms with Gasteiger partial charge in [0.2, 0.25) is 0 Å². The van der Waals surface area contributed by atoms with Gasteiger partial charge in [-0.2, -0.15) is 0 Å². The molecule has 3 aromatic rings. The summed E-state index contributed by atoms with van der Waals surface area (Å²) in [5.74, 6) is -0.302. The Bertz CT molecular complexity index is 1110. The molecule has 0 aliphatic carbocycles. The molecule has 1 heterocycles. The molecule has 0 saturated heterocycles. The van der Waals surface area contributed by atoms with Crippen LogP contribution in [-0.2, 0) is 0 Å². The first-order valence-corrected chi connectivity index (χ1v) is 9.32. The van der Waals surface area contributed by atoms with Gasteiger partial charge in [0.15, 0.2) is 0 Å². The van der Waals surface area contributed by atoms with Crippen LogP contribution >= 0.6 is 0 Å². The number of fused-ring (bicyclic) bond motifs is 1. The lowest BCUT2D eigenvalue weighted by Gasteiger charge is -2.29. The Labute approximate surface area is 178 Å². The summed E-state index contributed by atoms with van der Waals surface area (Å²) >= 11 is 0. The van der Waals surface area contributed by atoms with E-state index in [4.69, 9.17) is 4.74 Å². The number of halogens is 6. The van der Waals surface area contributed by atoms with E-state index in [0.717, 1.165) is 0 Å². The van der Waals surface area contributed by atoms with E-state index < -0.39 is 18.8 Å². The minimum Gasteiger partial charge on any atom is -0.488 e. The molecule has 10 heteroatoms. The number of para-hydroxylation sites is 1. The van der Waals surface area contributed by atoms with Gasteiger partial charge in [-0.05, 0) is 41.5 Å². The molecule has 1 N–H and O–H groups in total. The summed E-state index contributed by atoms with van der Waals surface area (Å²) in [5, 5.41) is 3.19. The number of rotatable bonds is 4. The minimum atomic E-state index is -4.82. The van der Waals surface area contributed by atoms with Crippen molar-refractivity contribution in [1.82, 2.24) is 0 Å². The van der Waals surface area contributed by atoms with Gasteiger partial charge in [0, 0.05) is 5.56 Å². The molecule has 168 valence electrons. The summed E-state index contributed by atoms with van der Waals surface area (Å²) in [5.41, 5.74) is 2.05. The lowest BCUT2D eigenvalue weighted by Crippen LogP contribution is -2.24. The highest BCUT2D eigenvalue weighted by Gasteiger charge is 2.32. The second kappa shape index (κ2) is 8.18. The normalized spacial score (nSPS) is 15.9. The first-order valence-electron chi connectivity index (χ1n) is 9.32. The number of ether oxygens (including phenoxy) is 3. The van der Waals surface area contributed by atoms with Crippen molar-refractivity contribution >= 4 is 5.69 Å². The molecule has 0 radical (unpaired) electrons. The van der Waals surface area contributed by atoms with E-state index in [1.165, 1.54) is 36.4 Å². The molecule has 1 atom stereocenters. The van der Waals surface area contributed by atoms with Gasteiger partial charge in [-0.25, -0.2) is 0 Å². The van der Waals surface area contributed by atoms with E-state index in [2.05, 4.69) is 14.8 Å². The van der Waals surface area contributed by atoms with E-state index in [-0.39, 0.29) is 18.1 Å². The maximum atomic E-state index is 12.5. The zero-order chi connectivity index (χ0) is 22.9. The van der Waals surface area contributed by atoms with Gasteiger partial charge in [-0.1, -0.05) is 36.4 Å². The first-order chi connectivity index (χ1) is 15.1. The standard InChI is InChI=1S/C22H15F6NO3/c23-21(24,25)31-15-6-1-4-13(10-15)17-8-3-9-18-20(17)30-12-19(29-18)14-5-2-7-16(11-14)32-22(26,27)28/h1-11,19,29H,12H2/t19-/m0/s1. The lowest BCUT2D eigenvalue weighted by atomic mass is 10.0. The van der Waals surface area contributed by atoms with Crippen LogP contribution < -0.4 is 19.5 Å². The summed E-state index contributed by atoms with van der Waals surface area (Å²) in [6.45, 7) is 0.0816. The number of anilines is 1. The van der Waals surface area contributed by atoms with Crippen LogP contribution in [-0.4, -0.2) is 19.3 Å². The number of alkyl halides is 6. The average Bonchev–Trinajstić information content (AvgIpc) is 2.71. The molecule has 32 heavy (non-hydrogen) atoms. The molecule has 0 spiro atoms. The predicted molar refractivity (Wildman–Crippen MR) is 104 cm³/mol. The van der Waals surface area contributed by atoms with E-state index in [0.29, 0.717) is 28.1 Å². The SMILES string of the molecule is FC(F)(F)Oc1cccc(-c2cccc3c2OC[C@@H](c2cccc(OC(F)(F)F)c2)N3)c1. The van der Waals surface area contributed by atoms with Crippen molar-refractivity contribution in [3.63, 3.8) is 0 Å². The molecule has 0 saturated carbocycles. The van der Waals surface area contributed by atoms with Crippen LogP contribution in [0.1, 0.15) is 11.6 Å². The third-order valence-electron chi connectivity index (χ3n) is 4.61. The van der Waals surface area contributed by atoms with Crippen LogP contribution in [0, 0.1) is 0 Å². The summed E-state index contributed by atoms with van der Waals surface area (Å²) < 4.78 is 89.0. The largest absolute Gasteiger partial charge is 0.573 e. The Kier molecular flexibility index (Phi) is 5.53. The van der Waals surface area contributed by atoms with Crippen LogP contribution in [0.25, 0.3) is 11.1 Å². The van der Waals surface area contributed by atoms with Gasteiger partial charge in [-0.15, -0.1) is 26.3 Å². The minimum absolute atomic E-state index is 0.0816. The van der Waals surface area contributed by atoms with Crippen molar-refractivity contribution in [2.75, 3.05) is 11.9 Å². The molecule has 1 aliphatic rings. The zero-order valence-electron chi connectivity index (χ0n) is 16.1. The Balaban J connectivity index is 1.59. The smallest absolute Gasteiger partial charge is 0.488 e. The van der Waals surface area contributed by atoms with Crippen molar-refractivity contribution in [1.29, 1.82) is 0 Å². The average molecular weight is 455 g/mol. The maximum Gasteiger partial charge on any atom is 0.573 e. The quantitative estimate of drug-likeness (QED) is 0.445. The molecule has 1 aliphatic heterocycles. The van der Waals surface area contributed by atoms with Gasteiger partial charge in [0.25, 0.3) is 0 Å². The van der Waals surface area contributed by atoms with Gasteiger partial charge in [-0.3, -0.25) is 0 Å². The third kappa shape index (κ3) is 5.19. The highest BCUT2D eigenvalue weighted by molar-refractivity contribution is 5.79. The molecule has 0 unspecified atom stereocenters. The highest BCUT2D eigenvalue weighted by Crippen LogP contribution is 2.42. The monoisotopic (exact) mass is 455 g/mol. The maximum absolute atomic E-state index is 12.5. The molecule has 3 aromatic carbocycles. The van der Waals surface area contributed by atoms with Gasteiger partial charge in [0.05, 0.1) is 11.7 Å². The summed E-state index contributed by atoms with van der Waals surface area (Å²) in [6.07, 6.45) is -9.62. The molecule has 0 amide bonds. The van der Waals surface area contributed by atoms with Crippen molar-refractivity contribution < 1.29 is 40.6 Å². The Hall–Kier alpha value is -3.56. The van der Waals surface area contributed by atoms with E-state index in [1.807, 2.05) is 0 Å². The molecule has 0 fully saturated rings. The Morgan fingerprint density at radius 1 is 0.781 bits per heavy atom. The van der Waals surface area contributed by atoms with Crippen molar-refractivity contribution in [2.45, 2.75) is 18.8 Å². The Morgan fingerprint density at radius 3 is 2.09 bits per heavy atom. The topological polar surface area (TPSA) is 39.7 Å². The fraction of sp³-hybridized carbons (Fsp3) is 0.182. The van der Waals surface area contributed by atoms with Crippen molar-refractivity contribution in [3.8, 4) is 28.4 Å². The van der Waals surface area contributed by atoms with Crippen LogP contribution in [0.5, 0.6) is 17.2 Å². The molecule has 4 nitrogen and oxygen atoms in total. The Morgan fingerprint density at radius 2 is 1.41 bits per heavy atom. The fourth-order valence-electron chi connectivity index (χ4n) is 3.40. The van der Waals surface area contributed by atoms with Crippen LogP contribution in [0.2, 0.25) is 0 Å². The van der Waals surface area contributed by atoms with E-state index in [1.54, 1.807) is 30.3 Å². The first kappa shape index (κ1) is 21.7. The number of benzene rings is 3. The van der Waals surface area contributed by atoms with Crippen LogP contribution in [0.3, 0.4) is 0 Å². The lowest BCUT2D eigenvalue weighted by molar-refractivity contribution is -0.275. The summed E-state index contributed by atoms with van der Waals surface area (Å²) in [6, 6.07) is 15.6. The van der Waals surface area contributed by atoms with Crippen molar-refractivity contribution in [3.05, 3.63) is 72.3 Å². The van der Waals surface area contributed by atoms with Gasteiger partial charge in [0.1, 0.15) is 23.9 Å². The fourth-order valence-corrected chi connectivity index (χ4v) is 3.40. The summed E-state index contributed by atoms with van der Waals surface area (Å²) in [7, 11) is 0. The predicted octanol–water partition coefficient (Wildman–Crippen LogP) is 6.70. The van der Waals surface area contributed by atoms with Crippen LogP contribution in [0.4, 0.5) is 32.0 Å². The second-order valence-electron chi connectivity index (χ2n) is 6.89. The molecular weight excluding hydrogens is 440 g/mol. The van der Waals surface area contributed by atoms with E-state index in [9.17, 15) is 26.3 Å². The number of hydrogen-bond donors (Lipinski definition) is 1. The number of nitrogens with one attached hydrogen (secondary N) is 1. The van der Waals surface area contributed by atoms with E-state index >= 15 is 0 Å². The second-order valence-corrected chi connectivity index (χ2v) is 6.89. The number of hydrogen-bond acceptors (Lipinski definition) is 4.